The van der Waals surface area contributed by atoms with Crippen LogP contribution < -0.4 is 10.2 Å². The third-order valence-corrected chi connectivity index (χ3v) is 3.99. The Bertz CT molecular complexity index is 471. The van der Waals surface area contributed by atoms with Gasteiger partial charge in [0.25, 0.3) is 0 Å². The van der Waals surface area contributed by atoms with Crippen molar-refractivity contribution in [3.63, 3.8) is 0 Å². The fraction of sp³-hybridized carbons (Fsp3) is 0.647. The van der Waals surface area contributed by atoms with E-state index in [4.69, 9.17) is 4.74 Å². The monoisotopic (exact) mass is 305 g/mol. The van der Waals surface area contributed by atoms with Crippen LogP contribution in [0.3, 0.4) is 0 Å². The van der Waals surface area contributed by atoms with Crippen molar-refractivity contribution in [1.82, 2.24) is 10.3 Å². The molecule has 1 aliphatic heterocycles. The molecule has 1 atom stereocenters. The third-order valence-electron chi connectivity index (χ3n) is 3.99. The first-order valence-electron chi connectivity index (χ1n) is 8.30. The van der Waals surface area contributed by atoms with Crippen LogP contribution in [0.15, 0.2) is 18.3 Å². The number of rotatable bonds is 6. The van der Waals surface area contributed by atoms with Gasteiger partial charge in [0.15, 0.2) is 0 Å². The summed E-state index contributed by atoms with van der Waals surface area (Å²) in [5.41, 5.74) is 1.08. The lowest BCUT2D eigenvalue weighted by Crippen LogP contribution is -2.34. The molecule has 5 heteroatoms. The number of nitrogens with one attached hydrogen (secondary N) is 1. The molecule has 0 spiro atoms. The van der Waals surface area contributed by atoms with Gasteiger partial charge in [-0.15, -0.1) is 0 Å². The second-order valence-electron chi connectivity index (χ2n) is 5.74. The number of anilines is 1. The van der Waals surface area contributed by atoms with Crippen molar-refractivity contribution in [2.75, 3.05) is 24.6 Å². The molecule has 0 unspecified atom stereocenters. The van der Waals surface area contributed by atoms with Crippen molar-refractivity contribution in [2.24, 2.45) is 0 Å². The summed E-state index contributed by atoms with van der Waals surface area (Å²) in [6.07, 6.45) is 6.50. The van der Waals surface area contributed by atoms with Crippen LogP contribution in [0.1, 0.15) is 45.1 Å². The van der Waals surface area contributed by atoms with E-state index in [0.717, 1.165) is 24.5 Å². The number of hydrogen-bond donors (Lipinski definition) is 1. The first-order chi connectivity index (χ1) is 10.7. The van der Waals surface area contributed by atoms with E-state index < -0.39 is 6.10 Å². The summed E-state index contributed by atoms with van der Waals surface area (Å²) in [6.45, 7) is 6.87. The second-order valence-corrected chi connectivity index (χ2v) is 5.74. The number of amides is 1. The van der Waals surface area contributed by atoms with Crippen LogP contribution in [0.4, 0.5) is 5.82 Å². The average Bonchev–Trinajstić information content (AvgIpc) is 2.82. The van der Waals surface area contributed by atoms with Crippen molar-refractivity contribution >= 4 is 11.7 Å². The lowest BCUT2D eigenvalue weighted by atomic mass is 10.2. The normalized spacial score (nSPS) is 16.9. The Labute approximate surface area is 133 Å². The maximum Gasteiger partial charge on any atom is 0.249 e. The lowest BCUT2D eigenvalue weighted by Gasteiger charge is -2.22. The maximum atomic E-state index is 11.9. The van der Waals surface area contributed by atoms with Crippen molar-refractivity contribution in [2.45, 2.75) is 52.2 Å². The predicted molar refractivity (Wildman–Crippen MR) is 87.9 cm³/mol. The molecule has 1 aromatic heterocycles. The zero-order chi connectivity index (χ0) is 15.8. The van der Waals surface area contributed by atoms with Crippen LogP contribution in [0.25, 0.3) is 0 Å². The Kier molecular flexibility index (Phi) is 6.65. The predicted octanol–water partition coefficient (Wildman–Crippen LogP) is 2.50. The van der Waals surface area contributed by atoms with E-state index in [1.807, 2.05) is 19.2 Å². The molecule has 1 aliphatic rings. The van der Waals surface area contributed by atoms with Gasteiger partial charge in [0.2, 0.25) is 5.91 Å². The summed E-state index contributed by atoms with van der Waals surface area (Å²) >= 11 is 0. The van der Waals surface area contributed by atoms with Crippen LogP contribution in [0, 0.1) is 0 Å². The number of aromatic nitrogens is 1. The first-order valence-corrected chi connectivity index (χ1v) is 8.30. The van der Waals surface area contributed by atoms with E-state index in [2.05, 4.69) is 21.3 Å². The van der Waals surface area contributed by atoms with Gasteiger partial charge >= 0.3 is 0 Å². The molecule has 0 saturated carbocycles. The third kappa shape index (κ3) is 4.98. The Hall–Kier alpha value is -1.62. The van der Waals surface area contributed by atoms with Crippen LogP contribution in [0.5, 0.6) is 0 Å². The summed E-state index contributed by atoms with van der Waals surface area (Å²) in [7, 11) is 0. The van der Waals surface area contributed by atoms with Crippen molar-refractivity contribution in [3.8, 4) is 0 Å². The number of ether oxygens (including phenoxy) is 1. The maximum absolute atomic E-state index is 11.9. The number of carbonyl (C=O) groups is 1. The average molecular weight is 305 g/mol. The number of pyridine rings is 1. The zero-order valence-electron chi connectivity index (χ0n) is 13.7. The van der Waals surface area contributed by atoms with E-state index >= 15 is 0 Å². The second kappa shape index (κ2) is 8.73. The van der Waals surface area contributed by atoms with Crippen LogP contribution in [-0.4, -0.2) is 36.7 Å². The van der Waals surface area contributed by atoms with E-state index in [1.54, 1.807) is 6.92 Å². The van der Waals surface area contributed by atoms with Gasteiger partial charge in [-0.2, -0.15) is 0 Å². The van der Waals surface area contributed by atoms with Gasteiger partial charge in [0.05, 0.1) is 0 Å². The molecule has 2 heterocycles. The molecule has 0 bridgehead atoms. The number of carbonyl (C=O) groups excluding carboxylic acids is 1. The number of nitrogens with zero attached hydrogens (tertiary/aromatic N) is 2. The molecule has 1 fully saturated rings. The van der Waals surface area contributed by atoms with Gasteiger partial charge in [0, 0.05) is 32.4 Å². The molecule has 1 amide bonds. The van der Waals surface area contributed by atoms with Crippen molar-refractivity contribution in [3.05, 3.63) is 23.9 Å². The highest BCUT2D eigenvalue weighted by atomic mass is 16.5. The Morgan fingerprint density at radius 2 is 2.09 bits per heavy atom. The molecule has 5 nitrogen and oxygen atoms in total. The van der Waals surface area contributed by atoms with Crippen LogP contribution >= 0.6 is 0 Å². The molecule has 1 aromatic rings. The van der Waals surface area contributed by atoms with Gasteiger partial charge in [-0.1, -0.05) is 12.8 Å². The minimum absolute atomic E-state index is 0.0741. The Balaban J connectivity index is 1.92. The van der Waals surface area contributed by atoms with E-state index in [9.17, 15) is 4.79 Å². The summed E-state index contributed by atoms with van der Waals surface area (Å²) in [6, 6.07) is 4.03. The van der Waals surface area contributed by atoms with Crippen molar-refractivity contribution in [1.29, 1.82) is 0 Å². The number of hydrogen-bond acceptors (Lipinski definition) is 4. The van der Waals surface area contributed by atoms with Gasteiger partial charge in [-0.05, 0) is 44.4 Å². The van der Waals surface area contributed by atoms with E-state index in [-0.39, 0.29) is 5.91 Å². The van der Waals surface area contributed by atoms with Crippen LogP contribution in [0.2, 0.25) is 0 Å². The zero-order valence-corrected chi connectivity index (χ0v) is 13.7. The SMILES string of the molecule is CCO[C@H](C)C(=O)NCc1ccnc(N2CCCCCC2)c1. The lowest BCUT2D eigenvalue weighted by molar-refractivity contribution is -0.131. The highest BCUT2D eigenvalue weighted by Crippen LogP contribution is 2.18. The highest BCUT2D eigenvalue weighted by molar-refractivity contribution is 5.80. The Morgan fingerprint density at radius 3 is 2.77 bits per heavy atom. The van der Waals surface area contributed by atoms with Gasteiger partial charge in [-0.3, -0.25) is 4.79 Å². The van der Waals surface area contributed by atoms with E-state index in [0.29, 0.717) is 13.2 Å². The van der Waals surface area contributed by atoms with E-state index in [1.165, 1.54) is 25.7 Å². The fourth-order valence-electron chi connectivity index (χ4n) is 2.70. The van der Waals surface area contributed by atoms with Crippen molar-refractivity contribution < 1.29 is 9.53 Å². The van der Waals surface area contributed by atoms with Gasteiger partial charge in [0.1, 0.15) is 11.9 Å². The molecule has 0 aliphatic carbocycles. The molecule has 2 rings (SSSR count). The largest absolute Gasteiger partial charge is 0.369 e. The van der Waals surface area contributed by atoms with Gasteiger partial charge in [-0.25, -0.2) is 4.98 Å². The Morgan fingerprint density at radius 1 is 1.36 bits per heavy atom. The standard InChI is InChI=1S/C17H27N3O2/c1-3-22-14(2)17(21)19-13-15-8-9-18-16(12-15)20-10-6-4-5-7-11-20/h8-9,12,14H,3-7,10-11,13H2,1-2H3,(H,19,21)/t14-/m1/s1. The van der Waals surface area contributed by atoms with Crippen LogP contribution in [-0.2, 0) is 16.1 Å². The molecule has 1 saturated heterocycles. The molecule has 122 valence electrons. The quantitative estimate of drug-likeness (QED) is 0.877. The molecular formula is C17H27N3O2. The summed E-state index contributed by atoms with van der Waals surface area (Å²) < 4.78 is 5.29. The minimum Gasteiger partial charge on any atom is -0.369 e. The summed E-state index contributed by atoms with van der Waals surface area (Å²) in [4.78, 5) is 18.7. The highest BCUT2D eigenvalue weighted by Gasteiger charge is 2.13. The summed E-state index contributed by atoms with van der Waals surface area (Å²) in [5.74, 6) is 0.946. The van der Waals surface area contributed by atoms with Gasteiger partial charge < -0.3 is 15.0 Å². The minimum atomic E-state index is -0.406. The smallest absolute Gasteiger partial charge is 0.249 e. The first kappa shape index (κ1) is 16.7. The topological polar surface area (TPSA) is 54.5 Å². The molecule has 0 radical (unpaired) electrons. The summed E-state index contributed by atoms with van der Waals surface area (Å²) in [5, 5.41) is 2.92. The molecule has 0 aromatic carbocycles. The molecular weight excluding hydrogens is 278 g/mol. The molecule has 1 N–H and O–H groups in total. The fourth-order valence-corrected chi connectivity index (χ4v) is 2.70. The molecule has 22 heavy (non-hydrogen) atoms.